The van der Waals surface area contributed by atoms with Gasteiger partial charge in [-0.25, -0.2) is 21.5 Å². The van der Waals surface area contributed by atoms with Gasteiger partial charge in [-0.2, -0.15) is 0 Å². The average molecular weight is 545 g/mol. The largest absolute Gasteiger partial charge is 0.318 e. The number of nitrogens with zero attached hydrogens (tertiary/aromatic N) is 3. The molecule has 4 rings (SSSR count). The Hall–Kier alpha value is -2.73. The first kappa shape index (κ1) is 25.4. The lowest BCUT2D eigenvalue weighted by molar-refractivity contribution is -0.148. The van der Waals surface area contributed by atoms with Gasteiger partial charge in [0.25, 0.3) is 10.0 Å². The van der Waals surface area contributed by atoms with Crippen LogP contribution in [0.3, 0.4) is 0 Å². The normalized spacial score (nSPS) is 20.7. The number of benzene rings is 2. The summed E-state index contributed by atoms with van der Waals surface area (Å²) in [4.78, 5) is 28.3. The van der Waals surface area contributed by atoms with E-state index in [1.165, 1.54) is 35.4 Å². The van der Waals surface area contributed by atoms with E-state index in [-0.39, 0.29) is 39.3 Å². The summed E-state index contributed by atoms with van der Waals surface area (Å²) in [7, 11) is -4.34. The molecule has 0 saturated carbocycles. The van der Waals surface area contributed by atoms with Gasteiger partial charge >= 0.3 is 0 Å². The topological polar surface area (TPSA) is 104 Å². The van der Waals surface area contributed by atoms with Crippen LogP contribution in [0.4, 0.5) is 8.78 Å². The summed E-state index contributed by atoms with van der Waals surface area (Å²) in [5.74, 6) is -3.48. The predicted octanol–water partition coefficient (Wildman–Crippen LogP) is 2.70. The number of hydrogen-bond acceptors (Lipinski definition) is 5. The van der Waals surface area contributed by atoms with Crippen molar-refractivity contribution in [3.8, 4) is 0 Å². The molecule has 13 heteroatoms. The van der Waals surface area contributed by atoms with Crippen LogP contribution >= 0.6 is 23.2 Å². The molecule has 8 nitrogen and oxygen atoms in total. The average Bonchev–Trinajstić information content (AvgIpc) is 2.79. The van der Waals surface area contributed by atoms with Crippen molar-refractivity contribution in [3.63, 3.8) is 0 Å². The van der Waals surface area contributed by atoms with E-state index < -0.39 is 52.1 Å². The second-order valence-corrected chi connectivity index (χ2v) is 10.7. The van der Waals surface area contributed by atoms with Gasteiger partial charge in [0.05, 0.1) is 11.6 Å². The number of likely N-dealkylation sites (N-methyl/N-ethyl adjacent to an activating group) is 1. The highest BCUT2D eigenvalue weighted by Crippen LogP contribution is 2.35. The van der Waals surface area contributed by atoms with Crippen LogP contribution in [-0.2, 0) is 26.0 Å². The SMILES string of the molecule is CCN1C=C2N(C(=O)C(N)CN2S(=O)(=O)c2ccc(Cl)cc2Cl)C(Cc2ccc(F)c(F)c2)C1=O. The molecule has 0 aliphatic carbocycles. The number of nitrogens with two attached hydrogens (primary N) is 1. The van der Waals surface area contributed by atoms with Crippen molar-refractivity contribution in [2.75, 3.05) is 13.1 Å². The number of halogens is 4. The minimum absolute atomic E-state index is 0.100. The molecule has 2 aromatic rings. The van der Waals surface area contributed by atoms with Crippen molar-refractivity contribution in [1.29, 1.82) is 0 Å². The number of rotatable bonds is 5. The van der Waals surface area contributed by atoms with Gasteiger partial charge in [-0.05, 0) is 42.8 Å². The number of sulfonamides is 1. The van der Waals surface area contributed by atoms with E-state index in [2.05, 4.69) is 0 Å². The fourth-order valence-electron chi connectivity index (χ4n) is 4.05. The molecule has 1 fully saturated rings. The minimum Gasteiger partial charge on any atom is -0.318 e. The highest BCUT2D eigenvalue weighted by Gasteiger charge is 2.49. The van der Waals surface area contributed by atoms with Crippen molar-refractivity contribution in [2.24, 2.45) is 5.73 Å². The fourth-order valence-corrected chi connectivity index (χ4v) is 6.27. The van der Waals surface area contributed by atoms with Crippen molar-refractivity contribution >= 4 is 45.0 Å². The molecule has 2 unspecified atom stereocenters. The van der Waals surface area contributed by atoms with Crippen LogP contribution in [0.5, 0.6) is 0 Å². The van der Waals surface area contributed by atoms with Gasteiger partial charge in [0.15, 0.2) is 11.6 Å². The number of fused-ring (bicyclic) bond motifs is 1. The van der Waals surface area contributed by atoms with Gasteiger partial charge in [0.1, 0.15) is 22.8 Å². The molecule has 2 N–H and O–H groups in total. The first-order valence-corrected chi connectivity index (χ1v) is 12.7. The van der Waals surface area contributed by atoms with Crippen LogP contribution in [0.1, 0.15) is 12.5 Å². The molecule has 2 heterocycles. The van der Waals surface area contributed by atoms with Gasteiger partial charge in [-0.3, -0.25) is 14.5 Å². The molecule has 0 bridgehead atoms. The third-order valence-electron chi connectivity index (χ3n) is 5.79. The molecule has 1 saturated heterocycles. The maximum atomic E-state index is 13.8. The highest BCUT2D eigenvalue weighted by molar-refractivity contribution is 7.89. The van der Waals surface area contributed by atoms with Crippen LogP contribution in [0.25, 0.3) is 0 Å². The van der Waals surface area contributed by atoms with Crippen LogP contribution in [-0.4, -0.2) is 59.5 Å². The molecule has 2 aromatic carbocycles. The van der Waals surface area contributed by atoms with Gasteiger partial charge < -0.3 is 10.6 Å². The maximum absolute atomic E-state index is 13.8. The Kier molecular flexibility index (Phi) is 6.80. The molecule has 35 heavy (non-hydrogen) atoms. The zero-order valence-corrected chi connectivity index (χ0v) is 20.6. The van der Waals surface area contributed by atoms with Crippen molar-refractivity contribution in [2.45, 2.75) is 30.3 Å². The summed E-state index contributed by atoms with van der Waals surface area (Å²) in [6.07, 6.45) is 1.06. The first-order valence-electron chi connectivity index (χ1n) is 10.5. The lowest BCUT2D eigenvalue weighted by Crippen LogP contribution is -2.66. The van der Waals surface area contributed by atoms with E-state index in [9.17, 15) is 26.8 Å². The van der Waals surface area contributed by atoms with Crippen molar-refractivity contribution in [3.05, 3.63) is 75.7 Å². The zero-order chi connectivity index (χ0) is 25.7. The third-order valence-corrected chi connectivity index (χ3v) is 8.27. The van der Waals surface area contributed by atoms with E-state index in [1.54, 1.807) is 6.92 Å². The Labute approximate surface area is 210 Å². The Morgan fingerprint density at radius 2 is 1.77 bits per heavy atom. The summed E-state index contributed by atoms with van der Waals surface area (Å²) < 4.78 is 55.4. The van der Waals surface area contributed by atoms with Crippen LogP contribution < -0.4 is 5.73 Å². The highest BCUT2D eigenvalue weighted by atomic mass is 35.5. The molecule has 2 aliphatic heterocycles. The van der Waals surface area contributed by atoms with Crippen molar-refractivity contribution < 1.29 is 26.8 Å². The Bertz CT molecular complexity index is 1350. The molecule has 0 spiro atoms. The number of carbonyl (C=O) groups is 2. The molecule has 186 valence electrons. The smallest absolute Gasteiger partial charge is 0.267 e. The van der Waals surface area contributed by atoms with E-state index in [0.717, 1.165) is 21.3 Å². The summed E-state index contributed by atoms with van der Waals surface area (Å²) in [6, 6.07) is 4.45. The van der Waals surface area contributed by atoms with Crippen LogP contribution in [0, 0.1) is 11.6 Å². The molecule has 2 amide bonds. The maximum Gasteiger partial charge on any atom is 0.267 e. The molecule has 0 radical (unpaired) electrons. The van der Waals surface area contributed by atoms with Gasteiger partial charge in [0.2, 0.25) is 11.8 Å². The molecular formula is C22H20Cl2F2N4O4S. The van der Waals surface area contributed by atoms with Crippen LogP contribution in [0.15, 0.2) is 53.3 Å². The monoisotopic (exact) mass is 544 g/mol. The van der Waals surface area contributed by atoms with E-state index in [1.807, 2.05) is 0 Å². The third kappa shape index (κ3) is 4.49. The fraction of sp³-hybridized carbons (Fsp3) is 0.273. The Balaban J connectivity index is 1.82. The summed E-state index contributed by atoms with van der Waals surface area (Å²) in [6.45, 7) is 1.44. The Morgan fingerprint density at radius 1 is 1.06 bits per heavy atom. The molecule has 2 aliphatic rings. The number of hydrogen-bond donors (Lipinski definition) is 1. The second-order valence-electron chi connectivity index (χ2n) is 8.01. The van der Waals surface area contributed by atoms with E-state index >= 15 is 0 Å². The predicted molar refractivity (Wildman–Crippen MR) is 124 cm³/mol. The van der Waals surface area contributed by atoms with Gasteiger partial charge in [-0.1, -0.05) is 29.3 Å². The van der Waals surface area contributed by atoms with E-state index in [4.69, 9.17) is 28.9 Å². The van der Waals surface area contributed by atoms with Crippen molar-refractivity contribution in [1.82, 2.24) is 14.1 Å². The lowest BCUT2D eigenvalue weighted by Gasteiger charge is -2.47. The summed E-state index contributed by atoms with van der Waals surface area (Å²) in [5, 5.41) is 0.0972. The lowest BCUT2D eigenvalue weighted by atomic mass is 9.99. The molecule has 0 aromatic heterocycles. The van der Waals surface area contributed by atoms with E-state index in [0.29, 0.717) is 0 Å². The summed E-state index contributed by atoms with van der Waals surface area (Å²) in [5.41, 5.74) is 6.25. The second kappa shape index (κ2) is 9.38. The van der Waals surface area contributed by atoms with Crippen LogP contribution in [0.2, 0.25) is 10.0 Å². The zero-order valence-electron chi connectivity index (χ0n) is 18.3. The molecule has 2 atom stereocenters. The quantitative estimate of drug-likeness (QED) is 0.623. The molecular weight excluding hydrogens is 525 g/mol. The summed E-state index contributed by atoms with van der Waals surface area (Å²) >= 11 is 12.1. The number of carbonyl (C=O) groups excluding carboxylic acids is 2. The number of amides is 2. The Morgan fingerprint density at radius 3 is 2.40 bits per heavy atom. The first-order chi connectivity index (χ1) is 16.4. The minimum atomic E-state index is -4.34. The van der Waals surface area contributed by atoms with Gasteiger partial charge in [-0.15, -0.1) is 0 Å². The standard InChI is InChI=1S/C22H20Cl2F2N4O4S/c1-2-28-11-20-29(35(33,34)19-6-4-13(23)9-14(19)24)10-17(27)21(31)30(20)18(22(28)32)8-12-3-5-15(25)16(26)7-12/h3-7,9,11,17-18H,2,8,10,27H2,1H3. The van der Waals surface area contributed by atoms with Gasteiger partial charge in [0, 0.05) is 24.2 Å².